The average molecular weight is 451 g/mol. The molecular weight excluding hydrogens is 420 g/mol. The van der Waals surface area contributed by atoms with Gasteiger partial charge in [0.2, 0.25) is 0 Å². The van der Waals surface area contributed by atoms with Crippen LogP contribution in [-0.4, -0.2) is 38.3 Å². The molecule has 1 saturated heterocycles. The molecule has 5 rings (SSSR count). The lowest BCUT2D eigenvalue weighted by Gasteiger charge is -2.71. The Morgan fingerprint density at radius 1 is 0.406 bits per heavy atom. The van der Waals surface area contributed by atoms with E-state index in [1.807, 2.05) is 0 Å². The maximum Gasteiger partial charge on any atom is 0.262 e. The highest BCUT2D eigenvalue weighted by Gasteiger charge is 2.72. The summed E-state index contributed by atoms with van der Waals surface area (Å²) in [5, 5.41) is 5.91. The van der Waals surface area contributed by atoms with E-state index in [0.29, 0.717) is 0 Å². The van der Waals surface area contributed by atoms with Crippen molar-refractivity contribution in [1.82, 2.24) is 8.46 Å². The average Bonchev–Trinajstić information content (AvgIpc) is 2.87. The highest BCUT2D eigenvalue weighted by molar-refractivity contribution is 7.24. The van der Waals surface area contributed by atoms with Gasteiger partial charge in [-0.15, -0.1) is 0 Å². The Morgan fingerprint density at radius 3 is 0.812 bits per heavy atom. The number of nitrogens with zero attached hydrogens (tertiary/aromatic N) is 2. The first-order valence-corrected chi connectivity index (χ1v) is 15.4. The standard InChI is InChI=1S/C28H30N2Si2/c1-3-29-31(25-17-9-5-10-18-25,26-19-11-6-12-20-26)30(4-2)32(29,27-21-13-7-14-22-27)28-23-15-8-16-24-28/h5-24H,3-4H2,1-2H3. The summed E-state index contributed by atoms with van der Waals surface area (Å²) in [5.74, 6) is 0. The van der Waals surface area contributed by atoms with Crippen LogP contribution >= 0.6 is 0 Å². The molecule has 0 aliphatic carbocycles. The van der Waals surface area contributed by atoms with Gasteiger partial charge in [0.25, 0.3) is 16.8 Å². The van der Waals surface area contributed by atoms with Crippen LogP contribution < -0.4 is 20.7 Å². The third kappa shape index (κ3) is 2.84. The minimum Gasteiger partial charge on any atom is -0.308 e. The highest BCUT2D eigenvalue weighted by atomic mass is 28.5. The SMILES string of the molecule is CCN1[Si](c2ccccc2)(c2ccccc2)N(CC)[Si]1(c1ccccc1)c1ccccc1. The Bertz CT molecular complexity index is 965. The Kier molecular flexibility index (Phi) is 5.70. The normalized spacial score (nSPS) is 17.6. The van der Waals surface area contributed by atoms with Crippen molar-refractivity contribution in [2.24, 2.45) is 0 Å². The van der Waals surface area contributed by atoms with Crippen LogP contribution in [0.2, 0.25) is 0 Å². The summed E-state index contributed by atoms with van der Waals surface area (Å²) in [5.41, 5.74) is 0. The molecular formula is C28H30N2Si2. The number of hydrogen-bond donors (Lipinski definition) is 0. The lowest BCUT2D eigenvalue weighted by Crippen LogP contribution is -3.05. The topological polar surface area (TPSA) is 6.48 Å². The third-order valence-corrected chi connectivity index (χ3v) is 19.7. The predicted octanol–water partition coefficient (Wildman–Crippen LogP) is 3.16. The van der Waals surface area contributed by atoms with Crippen LogP contribution in [0.25, 0.3) is 0 Å². The number of benzene rings is 4. The van der Waals surface area contributed by atoms with Gasteiger partial charge in [-0.3, -0.25) is 0 Å². The molecule has 0 N–H and O–H groups in total. The Hall–Kier alpha value is -2.77. The second-order valence-electron chi connectivity index (χ2n) is 8.30. The second-order valence-corrected chi connectivity index (χ2v) is 16.3. The zero-order chi connectivity index (χ0) is 22.0. The van der Waals surface area contributed by atoms with Crippen molar-refractivity contribution in [3.05, 3.63) is 121 Å². The lowest BCUT2D eigenvalue weighted by molar-refractivity contribution is 0.438. The number of rotatable bonds is 6. The van der Waals surface area contributed by atoms with E-state index in [9.17, 15) is 0 Å². The van der Waals surface area contributed by atoms with E-state index in [-0.39, 0.29) is 0 Å². The molecule has 0 spiro atoms. The summed E-state index contributed by atoms with van der Waals surface area (Å²) in [4.78, 5) is 0. The molecule has 0 radical (unpaired) electrons. The van der Waals surface area contributed by atoms with E-state index in [4.69, 9.17) is 0 Å². The summed E-state index contributed by atoms with van der Waals surface area (Å²) in [6.07, 6.45) is 0. The first-order valence-electron chi connectivity index (χ1n) is 11.6. The van der Waals surface area contributed by atoms with E-state index in [2.05, 4.69) is 144 Å². The van der Waals surface area contributed by atoms with Crippen LogP contribution in [0, 0.1) is 0 Å². The maximum atomic E-state index is 2.96. The van der Waals surface area contributed by atoms with Gasteiger partial charge < -0.3 is 8.46 Å². The number of hydrogen-bond acceptors (Lipinski definition) is 2. The fraction of sp³-hybridized carbons (Fsp3) is 0.143. The smallest absolute Gasteiger partial charge is 0.262 e. The van der Waals surface area contributed by atoms with E-state index in [1.165, 1.54) is 20.7 Å². The molecule has 1 aliphatic heterocycles. The van der Waals surface area contributed by atoms with E-state index >= 15 is 0 Å². The molecule has 0 bridgehead atoms. The van der Waals surface area contributed by atoms with Gasteiger partial charge in [0.05, 0.1) is 0 Å². The summed E-state index contributed by atoms with van der Waals surface area (Å²) in [7, 11) is -4.65. The quantitative estimate of drug-likeness (QED) is 0.417. The summed E-state index contributed by atoms with van der Waals surface area (Å²) < 4.78 is 5.91. The van der Waals surface area contributed by atoms with Crippen LogP contribution in [-0.2, 0) is 0 Å². The zero-order valence-corrected chi connectivity index (χ0v) is 20.9. The minimum absolute atomic E-state index is 1.03. The molecule has 0 saturated carbocycles. The second kappa shape index (κ2) is 8.64. The molecule has 4 aromatic rings. The molecule has 0 amide bonds. The van der Waals surface area contributed by atoms with Gasteiger partial charge >= 0.3 is 0 Å². The van der Waals surface area contributed by atoms with Gasteiger partial charge in [0.1, 0.15) is 0 Å². The van der Waals surface area contributed by atoms with E-state index in [0.717, 1.165) is 13.1 Å². The molecule has 1 aliphatic rings. The monoisotopic (exact) mass is 450 g/mol. The molecule has 0 atom stereocenters. The van der Waals surface area contributed by atoms with Gasteiger partial charge in [-0.05, 0) is 33.8 Å². The van der Waals surface area contributed by atoms with Crippen molar-refractivity contribution in [1.29, 1.82) is 0 Å². The minimum atomic E-state index is -2.33. The van der Waals surface area contributed by atoms with Gasteiger partial charge in [0.15, 0.2) is 0 Å². The Balaban J connectivity index is 1.85. The van der Waals surface area contributed by atoms with E-state index < -0.39 is 16.8 Å². The fourth-order valence-corrected chi connectivity index (χ4v) is 21.7. The molecule has 2 nitrogen and oxygen atoms in total. The first kappa shape index (κ1) is 21.1. The maximum absolute atomic E-state index is 2.96. The molecule has 1 fully saturated rings. The molecule has 0 unspecified atom stereocenters. The Labute approximate surface area is 194 Å². The molecule has 32 heavy (non-hydrogen) atoms. The molecule has 4 heteroatoms. The van der Waals surface area contributed by atoms with Crippen molar-refractivity contribution in [3.63, 3.8) is 0 Å². The van der Waals surface area contributed by atoms with Crippen molar-refractivity contribution >= 4 is 37.5 Å². The Morgan fingerprint density at radius 2 is 0.625 bits per heavy atom. The third-order valence-electron chi connectivity index (χ3n) is 6.90. The predicted molar refractivity (Wildman–Crippen MR) is 141 cm³/mol. The van der Waals surface area contributed by atoms with Crippen molar-refractivity contribution < 1.29 is 0 Å². The van der Waals surface area contributed by atoms with Crippen LogP contribution in [0.4, 0.5) is 0 Å². The summed E-state index contributed by atoms with van der Waals surface area (Å²) in [6.45, 7) is 6.77. The molecule has 160 valence electrons. The lowest BCUT2D eigenvalue weighted by atomic mass is 10.4. The summed E-state index contributed by atoms with van der Waals surface area (Å²) >= 11 is 0. The zero-order valence-electron chi connectivity index (χ0n) is 18.9. The molecule has 0 aromatic heterocycles. The summed E-state index contributed by atoms with van der Waals surface area (Å²) in [6, 6.07) is 45.1. The van der Waals surface area contributed by atoms with Crippen LogP contribution in [0.3, 0.4) is 0 Å². The van der Waals surface area contributed by atoms with Gasteiger partial charge in [-0.25, -0.2) is 0 Å². The van der Waals surface area contributed by atoms with Crippen molar-refractivity contribution in [2.75, 3.05) is 13.1 Å². The van der Waals surface area contributed by atoms with Crippen LogP contribution in [0.5, 0.6) is 0 Å². The van der Waals surface area contributed by atoms with Gasteiger partial charge in [0, 0.05) is 0 Å². The van der Waals surface area contributed by atoms with Gasteiger partial charge in [-0.1, -0.05) is 135 Å². The first-order chi connectivity index (χ1) is 15.8. The van der Waals surface area contributed by atoms with E-state index in [1.54, 1.807) is 0 Å². The fourth-order valence-electron chi connectivity index (χ4n) is 5.89. The van der Waals surface area contributed by atoms with Gasteiger partial charge in [-0.2, -0.15) is 0 Å². The van der Waals surface area contributed by atoms with Crippen molar-refractivity contribution in [2.45, 2.75) is 13.8 Å². The largest absolute Gasteiger partial charge is 0.308 e. The van der Waals surface area contributed by atoms with Crippen LogP contribution in [0.1, 0.15) is 13.8 Å². The van der Waals surface area contributed by atoms with Crippen LogP contribution in [0.15, 0.2) is 121 Å². The van der Waals surface area contributed by atoms with Crippen molar-refractivity contribution in [3.8, 4) is 0 Å². The molecule has 1 heterocycles. The highest BCUT2D eigenvalue weighted by Crippen LogP contribution is 2.37. The molecule has 4 aromatic carbocycles.